The maximum absolute atomic E-state index is 12.6. The Bertz CT molecular complexity index is 539. The van der Waals surface area contributed by atoms with E-state index in [1.54, 1.807) is 0 Å². The summed E-state index contributed by atoms with van der Waals surface area (Å²) in [7, 11) is 0. The zero-order valence-electron chi connectivity index (χ0n) is 19.7. The second-order valence-electron chi connectivity index (χ2n) is 8.02. The molecular weight excluding hydrogens is 432 g/mol. The van der Waals surface area contributed by atoms with Crippen LogP contribution in [0.15, 0.2) is 0 Å². The maximum atomic E-state index is 12.6. The lowest BCUT2D eigenvalue weighted by atomic mass is 10.1. The Hall–Kier alpha value is -2.15. The molecule has 0 unspecified atom stereocenters. The van der Waals surface area contributed by atoms with Crippen molar-refractivity contribution in [2.45, 2.75) is 69.9 Å². The summed E-state index contributed by atoms with van der Waals surface area (Å²) >= 11 is 0. The number of ether oxygens (including phenoxy) is 2. The van der Waals surface area contributed by atoms with E-state index in [9.17, 15) is 14.4 Å². The van der Waals surface area contributed by atoms with Crippen LogP contribution in [0.5, 0.6) is 0 Å². The van der Waals surface area contributed by atoms with Crippen molar-refractivity contribution < 1.29 is 29.0 Å². The van der Waals surface area contributed by atoms with Gasteiger partial charge in [-0.05, 0) is 58.2 Å². The van der Waals surface area contributed by atoms with Crippen LogP contribution in [0.25, 0.3) is 0 Å². The number of hydrogen-bond acceptors (Lipinski definition) is 9. The molecule has 0 aliphatic heterocycles. The Morgan fingerprint density at radius 2 is 1.42 bits per heavy atom. The highest BCUT2D eigenvalue weighted by atomic mass is 16.7. The predicted molar refractivity (Wildman–Crippen MR) is 126 cm³/mol. The zero-order chi connectivity index (χ0) is 24.9. The third-order valence-corrected chi connectivity index (χ3v) is 4.95. The molecule has 0 aliphatic carbocycles. The van der Waals surface area contributed by atoms with Gasteiger partial charge in [0.25, 0.3) is 0 Å². The second-order valence-corrected chi connectivity index (χ2v) is 8.02. The fourth-order valence-electron chi connectivity index (χ4n) is 3.11. The molecule has 194 valence electrons. The summed E-state index contributed by atoms with van der Waals surface area (Å²) in [4.78, 5) is 37.2. The lowest BCUT2D eigenvalue weighted by molar-refractivity contribution is -0.123. The number of carbonyl (C=O) groups is 3. The summed E-state index contributed by atoms with van der Waals surface area (Å²) in [5.74, 6) is -0.426. The summed E-state index contributed by atoms with van der Waals surface area (Å²) in [5, 5.41) is 11.5. The number of carbonyl (C=O) groups excluding carboxylic acids is 2. The topological polar surface area (TPSA) is 209 Å². The molecule has 0 bridgehead atoms. The van der Waals surface area contributed by atoms with Crippen LogP contribution >= 0.6 is 0 Å². The molecule has 0 aromatic heterocycles. The molecule has 0 aliphatic rings. The molecular formula is C21H44N6O6. The maximum Gasteiger partial charge on any atom is 0.505 e. The molecule has 0 aromatic rings. The molecule has 12 nitrogen and oxygen atoms in total. The fourth-order valence-corrected chi connectivity index (χ4v) is 3.11. The quantitative estimate of drug-likeness (QED) is 0.105. The van der Waals surface area contributed by atoms with Gasteiger partial charge in [0.1, 0.15) is 19.8 Å². The third kappa shape index (κ3) is 18.0. The average molecular weight is 477 g/mol. The number of amides is 2. The van der Waals surface area contributed by atoms with Gasteiger partial charge in [0, 0.05) is 12.6 Å². The molecule has 0 spiro atoms. The number of hydrogen-bond donors (Lipinski definition) is 6. The van der Waals surface area contributed by atoms with Crippen LogP contribution in [0.4, 0.5) is 9.59 Å². The van der Waals surface area contributed by atoms with Crippen molar-refractivity contribution >= 4 is 18.2 Å². The van der Waals surface area contributed by atoms with E-state index in [2.05, 4.69) is 10.1 Å². The summed E-state index contributed by atoms with van der Waals surface area (Å²) in [6, 6.07) is -0.806. The van der Waals surface area contributed by atoms with E-state index in [-0.39, 0.29) is 25.8 Å². The predicted octanol–water partition coefficient (Wildman–Crippen LogP) is 0.319. The number of rotatable bonds is 20. The molecule has 0 radical (unpaired) electrons. The van der Waals surface area contributed by atoms with Crippen molar-refractivity contribution in [3.63, 3.8) is 0 Å². The first-order valence-corrected chi connectivity index (χ1v) is 11.8. The Balaban J connectivity index is 4.84. The molecule has 12 heteroatoms. The van der Waals surface area contributed by atoms with Gasteiger partial charge in [0.2, 0.25) is 5.91 Å². The van der Waals surface area contributed by atoms with Gasteiger partial charge in [0.15, 0.2) is 0 Å². The van der Waals surface area contributed by atoms with Crippen molar-refractivity contribution in [1.82, 2.24) is 10.2 Å². The van der Waals surface area contributed by atoms with Crippen molar-refractivity contribution in [2.24, 2.45) is 22.9 Å². The molecule has 10 N–H and O–H groups in total. The van der Waals surface area contributed by atoms with Crippen LogP contribution in [0.2, 0.25) is 0 Å². The van der Waals surface area contributed by atoms with E-state index in [4.69, 9.17) is 32.8 Å². The summed E-state index contributed by atoms with van der Waals surface area (Å²) < 4.78 is 9.94. The second kappa shape index (κ2) is 20.5. The van der Waals surface area contributed by atoms with Gasteiger partial charge in [-0.25, -0.2) is 9.59 Å². The summed E-state index contributed by atoms with van der Waals surface area (Å²) in [5.41, 5.74) is 22.5. The lowest BCUT2D eigenvalue weighted by Crippen LogP contribution is -2.46. The average Bonchev–Trinajstić information content (AvgIpc) is 2.78. The molecule has 0 rings (SSSR count). The van der Waals surface area contributed by atoms with Crippen LogP contribution in [-0.4, -0.2) is 86.2 Å². The third-order valence-electron chi connectivity index (χ3n) is 4.95. The zero-order valence-corrected chi connectivity index (χ0v) is 19.7. The number of carboxylic acid groups (broad SMARTS) is 1. The van der Waals surface area contributed by atoms with Crippen LogP contribution in [0.1, 0.15) is 57.8 Å². The summed E-state index contributed by atoms with van der Waals surface area (Å²) in [6.45, 7) is 1.63. The minimum atomic E-state index is -1.42. The van der Waals surface area contributed by atoms with Crippen molar-refractivity contribution in [2.75, 3.05) is 45.9 Å². The van der Waals surface area contributed by atoms with E-state index in [1.165, 1.54) is 4.90 Å². The number of unbranched alkanes of at least 4 members (excludes halogenated alkanes) is 4. The van der Waals surface area contributed by atoms with Gasteiger partial charge in [-0.3, -0.25) is 9.69 Å². The van der Waals surface area contributed by atoms with Gasteiger partial charge in [0.05, 0.1) is 6.04 Å². The molecule has 2 amide bonds. The van der Waals surface area contributed by atoms with Crippen LogP contribution < -0.4 is 28.3 Å². The first kappa shape index (κ1) is 30.9. The Morgan fingerprint density at radius 1 is 0.818 bits per heavy atom. The van der Waals surface area contributed by atoms with Gasteiger partial charge in [-0.1, -0.05) is 19.3 Å². The van der Waals surface area contributed by atoms with Crippen molar-refractivity contribution in [3.05, 3.63) is 0 Å². The number of nitrogens with one attached hydrogen (secondary N) is 1. The molecule has 0 saturated heterocycles. The van der Waals surface area contributed by atoms with Gasteiger partial charge >= 0.3 is 12.2 Å². The minimum absolute atomic E-state index is 0.0541. The first-order valence-electron chi connectivity index (χ1n) is 11.8. The largest absolute Gasteiger partial charge is 0.505 e. The van der Waals surface area contributed by atoms with E-state index < -0.39 is 24.2 Å². The smallest absolute Gasteiger partial charge is 0.450 e. The van der Waals surface area contributed by atoms with Crippen LogP contribution in [0, 0.1) is 0 Å². The molecule has 2 atom stereocenters. The molecule has 33 heavy (non-hydrogen) atoms. The van der Waals surface area contributed by atoms with E-state index in [0.717, 1.165) is 32.1 Å². The van der Waals surface area contributed by atoms with Crippen LogP contribution in [0.3, 0.4) is 0 Å². The van der Waals surface area contributed by atoms with Gasteiger partial charge in [-0.2, -0.15) is 0 Å². The monoisotopic (exact) mass is 476 g/mol. The van der Waals surface area contributed by atoms with Gasteiger partial charge in [-0.15, -0.1) is 0 Å². The fraction of sp³-hybridized carbons (Fsp3) is 0.857. The molecule has 0 saturated carbocycles. The Kier molecular flexibility index (Phi) is 19.1. The highest BCUT2D eigenvalue weighted by molar-refractivity contribution is 5.82. The SMILES string of the molecule is NCCCCCN(CC(=O)N[C@@H](CCCCN)COC(=O)O)C(=O)OC[C@H](N)CCCCN. The van der Waals surface area contributed by atoms with Gasteiger partial charge < -0.3 is 42.8 Å². The van der Waals surface area contributed by atoms with E-state index >= 15 is 0 Å². The number of nitrogens with zero attached hydrogens (tertiary/aromatic N) is 1. The van der Waals surface area contributed by atoms with Crippen molar-refractivity contribution in [1.29, 1.82) is 0 Å². The molecule has 0 aromatic carbocycles. The highest BCUT2D eigenvalue weighted by Gasteiger charge is 2.22. The lowest BCUT2D eigenvalue weighted by Gasteiger charge is -2.24. The first-order chi connectivity index (χ1) is 15.8. The van der Waals surface area contributed by atoms with E-state index in [0.29, 0.717) is 51.9 Å². The summed E-state index contributed by atoms with van der Waals surface area (Å²) in [6.07, 6.45) is 4.62. The minimum Gasteiger partial charge on any atom is -0.450 e. The molecule has 0 fully saturated rings. The standard InChI is InChI=1S/C21H44N6O6/c22-10-4-1-7-13-27(20(29)32-15-17(25)8-2-5-11-23)14-19(28)26-18(9-3-6-12-24)16-33-21(30)31/h17-18H,1-16,22-25H2,(H,26,28)(H,30,31)/t17-,18+/m1/s1. The van der Waals surface area contributed by atoms with Crippen molar-refractivity contribution in [3.8, 4) is 0 Å². The van der Waals surface area contributed by atoms with E-state index in [1.807, 2.05) is 0 Å². The Morgan fingerprint density at radius 3 is 2.03 bits per heavy atom. The normalized spacial score (nSPS) is 12.6. The van der Waals surface area contributed by atoms with Crippen LogP contribution in [-0.2, 0) is 14.3 Å². The Labute approximate surface area is 196 Å². The number of nitrogens with two attached hydrogens (primary N) is 4. The molecule has 0 heterocycles. The highest BCUT2D eigenvalue weighted by Crippen LogP contribution is 2.06.